The predicted octanol–water partition coefficient (Wildman–Crippen LogP) is 3.60. The van der Waals surface area contributed by atoms with Crippen LogP contribution in [0.3, 0.4) is 0 Å². The Kier molecular flexibility index (Phi) is 10.2. The van der Waals surface area contributed by atoms with Gasteiger partial charge in [0, 0.05) is 25.7 Å². The molecule has 1 saturated heterocycles. The first-order valence-corrected chi connectivity index (χ1v) is 8.84. The van der Waals surface area contributed by atoms with Gasteiger partial charge in [0.2, 0.25) is 0 Å². The van der Waals surface area contributed by atoms with Crippen molar-refractivity contribution in [3.8, 4) is 5.75 Å². The van der Waals surface area contributed by atoms with E-state index in [2.05, 4.69) is 32.3 Å². The molecule has 1 aromatic rings. The average molecular weight is 500 g/mol. The van der Waals surface area contributed by atoms with Gasteiger partial charge in [0.25, 0.3) is 0 Å². The number of halogens is 4. The molecule has 0 unspecified atom stereocenters. The highest BCUT2D eigenvalue weighted by Gasteiger charge is 2.31. The van der Waals surface area contributed by atoms with Gasteiger partial charge in [-0.25, -0.2) is 0 Å². The molecule has 154 valence electrons. The smallest absolute Gasteiger partial charge is 0.405 e. The summed E-state index contributed by atoms with van der Waals surface area (Å²) in [4.78, 5) is 6.46. The number of guanidine groups is 1. The van der Waals surface area contributed by atoms with Crippen molar-refractivity contribution in [2.24, 2.45) is 10.9 Å². The van der Waals surface area contributed by atoms with Gasteiger partial charge in [-0.1, -0.05) is 18.2 Å². The van der Waals surface area contributed by atoms with E-state index < -0.39 is 6.36 Å². The topological polar surface area (TPSA) is 48.9 Å². The zero-order valence-corrected chi connectivity index (χ0v) is 18.0. The number of likely N-dealkylation sites (tertiary alicyclic amines) is 1. The number of benzene rings is 1. The highest BCUT2D eigenvalue weighted by atomic mass is 127. The van der Waals surface area contributed by atoms with Gasteiger partial charge in [0.1, 0.15) is 5.75 Å². The molecule has 1 aliphatic rings. The molecule has 0 saturated carbocycles. The van der Waals surface area contributed by atoms with E-state index in [-0.39, 0.29) is 36.3 Å². The Labute approximate surface area is 175 Å². The molecule has 0 aliphatic carbocycles. The fourth-order valence-electron chi connectivity index (χ4n) is 3.02. The molecule has 5 nitrogen and oxygen atoms in total. The molecule has 1 aromatic carbocycles. The van der Waals surface area contributed by atoms with Crippen LogP contribution in [0.1, 0.15) is 24.8 Å². The van der Waals surface area contributed by atoms with Crippen molar-refractivity contribution in [3.05, 3.63) is 29.8 Å². The first kappa shape index (κ1) is 23.8. The zero-order valence-electron chi connectivity index (χ0n) is 15.7. The van der Waals surface area contributed by atoms with Gasteiger partial charge < -0.3 is 20.3 Å². The number of hydrogen-bond donors (Lipinski definition) is 2. The summed E-state index contributed by atoms with van der Waals surface area (Å²) in [6, 6.07) is 6.09. The van der Waals surface area contributed by atoms with E-state index in [4.69, 9.17) is 0 Å². The lowest BCUT2D eigenvalue weighted by atomic mass is 9.94. The molecule has 1 aliphatic heterocycles. The number of aliphatic imine (C=N–C) groups is 1. The van der Waals surface area contributed by atoms with Crippen LogP contribution in [0.4, 0.5) is 13.2 Å². The molecule has 0 spiro atoms. The molecule has 0 bridgehead atoms. The Balaban J connectivity index is 0.00000364. The largest absolute Gasteiger partial charge is 0.573 e. The predicted molar refractivity (Wildman–Crippen MR) is 112 cm³/mol. The maximum Gasteiger partial charge on any atom is 0.573 e. The maximum atomic E-state index is 12.5. The molecule has 0 atom stereocenters. The summed E-state index contributed by atoms with van der Waals surface area (Å²) < 4.78 is 41.5. The first-order chi connectivity index (χ1) is 12.4. The minimum absolute atomic E-state index is 0. The van der Waals surface area contributed by atoms with Crippen LogP contribution < -0.4 is 15.4 Å². The fourth-order valence-corrected chi connectivity index (χ4v) is 3.02. The van der Waals surface area contributed by atoms with Crippen molar-refractivity contribution >= 4 is 29.9 Å². The normalized spacial score (nSPS) is 16.6. The lowest BCUT2D eigenvalue weighted by molar-refractivity contribution is -0.274. The molecule has 2 rings (SSSR count). The zero-order chi connectivity index (χ0) is 19.0. The van der Waals surface area contributed by atoms with Crippen LogP contribution >= 0.6 is 24.0 Å². The third kappa shape index (κ3) is 9.00. The molecule has 1 heterocycles. The number of para-hydroxylation sites is 1. The summed E-state index contributed by atoms with van der Waals surface area (Å²) in [5, 5.41) is 6.27. The number of nitrogens with zero attached hydrogens (tertiary/aromatic N) is 2. The summed E-state index contributed by atoms with van der Waals surface area (Å²) >= 11 is 0. The standard InChI is InChI=1S/C18H27F3N4O.HI/c1-22-17(23-10-7-14-8-11-25(2)12-9-14)24-13-15-5-3-4-6-16(15)26-18(19,20)21;/h3-6,14H,7-13H2,1-2H3,(H2,22,23,24);1H. The van der Waals surface area contributed by atoms with E-state index in [0.29, 0.717) is 17.4 Å². The summed E-state index contributed by atoms with van der Waals surface area (Å²) in [5.41, 5.74) is 0.420. The second-order valence-corrected chi connectivity index (χ2v) is 6.54. The summed E-state index contributed by atoms with van der Waals surface area (Å²) in [6.45, 7) is 3.25. The number of rotatable bonds is 6. The molecular formula is C18H28F3IN4O. The molecule has 0 radical (unpaired) electrons. The van der Waals surface area contributed by atoms with Crippen molar-refractivity contribution in [2.45, 2.75) is 32.2 Å². The van der Waals surface area contributed by atoms with Gasteiger partial charge in [-0.15, -0.1) is 37.1 Å². The van der Waals surface area contributed by atoms with Crippen molar-refractivity contribution < 1.29 is 17.9 Å². The van der Waals surface area contributed by atoms with Crippen LogP contribution in [0.25, 0.3) is 0 Å². The van der Waals surface area contributed by atoms with Crippen LogP contribution in [-0.4, -0.2) is 51.0 Å². The molecule has 9 heteroatoms. The van der Waals surface area contributed by atoms with Gasteiger partial charge >= 0.3 is 6.36 Å². The van der Waals surface area contributed by atoms with Gasteiger partial charge in [-0.3, -0.25) is 4.99 Å². The van der Waals surface area contributed by atoms with E-state index in [1.807, 2.05) is 0 Å². The summed E-state index contributed by atoms with van der Waals surface area (Å²) in [7, 11) is 3.78. The molecule has 2 N–H and O–H groups in total. The average Bonchev–Trinajstić information content (AvgIpc) is 2.59. The van der Waals surface area contributed by atoms with Crippen molar-refractivity contribution in [2.75, 3.05) is 33.7 Å². The van der Waals surface area contributed by atoms with Crippen LogP contribution in [0, 0.1) is 5.92 Å². The van der Waals surface area contributed by atoms with Crippen LogP contribution in [0.15, 0.2) is 29.3 Å². The lowest BCUT2D eigenvalue weighted by Crippen LogP contribution is -2.38. The highest BCUT2D eigenvalue weighted by Crippen LogP contribution is 2.26. The van der Waals surface area contributed by atoms with Crippen molar-refractivity contribution in [1.82, 2.24) is 15.5 Å². The van der Waals surface area contributed by atoms with Gasteiger partial charge in [0.15, 0.2) is 5.96 Å². The molecular weight excluding hydrogens is 472 g/mol. The molecule has 27 heavy (non-hydrogen) atoms. The Bertz CT molecular complexity index is 590. The van der Waals surface area contributed by atoms with Gasteiger partial charge in [-0.05, 0) is 51.4 Å². The first-order valence-electron chi connectivity index (χ1n) is 8.84. The van der Waals surface area contributed by atoms with E-state index >= 15 is 0 Å². The third-order valence-electron chi connectivity index (χ3n) is 4.55. The van der Waals surface area contributed by atoms with Crippen molar-refractivity contribution in [1.29, 1.82) is 0 Å². The fraction of sp³-hybridized carbons (Fsp3) is 0.611. The van der Waals surface area contributed by atoms with Gasteiger partial charge in [-0.2, -0.15) is 0 Å². The minimum atomic E-state index is -4.70. The minimum Gasteiger partial charge on any atom is -0.405 e. The second-order valence-electron chi connectivity index (χ2n) is 6.54. The number of hydrogen-bond acceptors (Lipinski definition) is 3. The van der Waals surface area contributed by atoms with Gasteiger partial charge in [0.05, 0.1) is 0 Å². The monoisotopic (exact) mass is 500 g/mol. The number of nitrogens with one attached hydrogen (secondary N) is 2. The Hall–Kier alpha value is -1.23. The van der Waals surface area contributed by atoms with E-state index in [1.165, 1.54) is 25.0 Å². The SMILES string of the molecule is CN=C(NCCC1CCN(C)CC1)NCc1ccccc1OC(F)(F)F.I. The van der Waals surface area contributed by atoms with Crippen LogP contribution in [0.5, 0.6) is 5.75 Å². The summed E-state index contributed by atoms with van der Waals surface area (Å²) in [5.74, 6) is 1.08. The molecule has 1 fully saturated rings. The molecule has 0 amide bonds. The Morgan fingerprint density at radius 3 is 2.52 bits per heavy atom. The summed E-state index contributed by atoms with van der Waals surface area (Å²) in [6.07, 6.45) is -1.24. The van der Waals surface area contributed by atoms with E-state index in [1.54, 1.807) is 19.2 Å². The quantitative estimate of drug-likeness (QED) is 0.356. The maximum absolute atomic E-state index is 12.5. The van der Waals surface area contributed by atoms with Crippen LogP contribution in [0.2, 0.25) is 0 Å². The number of alkyl halides is 3. The second kappa shape index (κ2) is 11.6. The Morgan fingerprint density at radius 2 is 1.89 bits per heavy atom. The lowest BCUT2D eigenvalue weighted by Gasteiger charge is -2.29. The van der Waals surface area contributed by atoms with E-state index in [0.717, 1.165) is 26.1 Å². The highest BCUT2D eigenvalue weighted by molar-refractivity contribution is 14.0. The number of ether oxygens (including phenoxy) is 1. The van der Waals surface area contributed by atoms with Crippen molar-refractivity contribution in [3.63, 3.8) is 0 Å². The third-order valence-corrected chi connectivity index (χ3v) is 4.55. The van der Waals surface area contributed by atoms with Crippen LogP contribution in [-0.2, 0) is 6.54 Å². The molecule has 0 aromatic heterocycles. The number of piperidine rings is 1. The van der Waals surface area contributed by atoms with E-state index in [9.17, 15) is 13.2 Å². The Morgan fingerprint density at radius 1 is 1.22 bits per heavy atom.